The highest BCUT2D eigenvalue weighted by molar-refractivity contribution is 8.00. The largest absolute Gasteiger partial charge is 0.497 e. The van der Waals surface area contributed by atoms with E-state index >= 15 is 0 Å². The van der Waals surface area contributed by atoms with E-state index in [1.807, 2.05) is 91.2 Å². The van der Waals surface area contributed by atoms with Crippen molar-refractivity contribution in [3.8, 4) is 11.4 Å². The van der Waals surface area contributed by atoms with Crippen molar-refractivity contribution in [2.24, 2.45) is 5.10 Å². The summed E-state index contributed by atoms with van der Waals surface area (Å²) in [6.45, 7) is 4.17. The molecule has 0 unspecified atom stereocenters. The van der Waals surface area contributed by atoms with Crippen molar-refractivity contribution in [2.75, 3.05) is 12.4 Å². The number of fused-ring (bicyclic) bond motifs is 1. The van der Waals surface area contributed by atoms with E-state index in [0.29, 0.717) is 11.7 Å². The van der Waals surface area contributed by atoms with Crippen LogP contribution in [-0.4, -0.2) is 38.7 Å². The molecule has 1 heterocycles. The lowest BCUT2D eigenvalue weighted by Gasteiger charge is -2.14. The Bertz CT molecular complexity index is 1630. The van der Waals surface area contributed by atoms with Gasteiger partial charge in [-0.2, -0.15) is 5.10 Å². The highest BCUT2D eigenvalue weighted by atomic mass is 32.2. The maximum Gasteiger partial charge on any atom is 0.253 e. The first kappa shape index (κ1) is 27.0. The van der Waals surface area contributed by atoms with Gasteiger partial charge in [0.15, 0.2) is 11.0 Å². The van der Waals surface area contributed by atoms with Crippen molar-refractivity contribution in [1.82, 2.24) is 20.2 Å². The molecule has 5 rings (SSSR count). The number of ether oxygens (including phenoxy) is 1. The van der Waals surface area contributed by atoms with Gasteiger partial charge >= 0.3 is 0 Å². The first-order valence-electron chi connectivity index (χ1n) is 12.9. The molecule has 0 radical (unpaired) electrons. The third-order valence-corrected chi connectivity index (χ3v) is 7.45. The molecule has 1 amide bonds. The molecule has 2 N–H and O–H groups in total. The topological polar surface area (TPSA) is 93.4 Å². The molecule has 0 spiro atoms. The summed E-state index contributed by atoms with van der Waals surface area (Å²) in [4.78, 5) is 13.0. The number of nitrogens with one attached hydrogen (secondary N) is 2. The average Bonchev–Trinajstić information content (AvgIpc) is 3.41. The Labute approximate surface area is 237 Å². The number of aromatic nitrogens is 3. The fraction of sp³-hybridized carbons (Fsp3) is 0.161. The van der Waals surface area contributed by atoms with Gasteiger partial charge in [0.05, 0.1) is 24.6 Å². The lowest BCUT2D eigenvalue weighted by atomic mass is 10.0. The molecule has 8 nitrogen and oxygen atoms in total. The van der Waals surface area contributed by atoms with Crippen LogP contribution in [0.25, 0.3) is 16.5 Å². The second-order valence-corrected chi connectivity index (χ2v) is 10.5. The molecule has 1 atom stereocenters. The second kappa shape index (κ2) is 12.5. The second-order valence-electron chi connectivity index (χ2n) is 9.15. The number of amides is 1. The quantitative estimate of drug-likeness (QED) is 0.125. The van der Waals surface area contributed by atoms with E-state index in [1.54, 1.807) is 7.11 Å². The zero-order valence-electron chi connectivity index (χ0n) is 22.5. The van der Waals surface area contributed by atoms with Crippen LogP contribution in [0.15, 0.2) is 107 Å². The summed E-state index contributed by atoms with van der Waals surface area (Å²) >= 11 is 1.33. The van der Waals surface area contributed by atoms with E-state index in [0.717, 1.165) is 45.0 Å². The number of carbonyl (C=O) groups excluding carboxylic acids is 1. The van der Waals surface area contributed by atoms with E-state index in [4.69, 9.17) is 4.74 Å². The lowest BCUT2D eigenvalue weighted by Crippen LogP contribution is -2.28. The minimum Gasteiger partial charge on any atom is -0.497 e. The molecule has 5 aromatic rings. The number of para-hydroxylation sites is 1. The number of anilines is 1. The smallest absolute Gasteiger partial charge is 0.253 e. The molecule has 1 aromatic heterocycles. The number of hydrogen-bond acceptors (Lipinski definition) is 7. The first-order valence-corrected chi connectivity index (χ1v) is 13.8. The van der Waals surface area contributed by atoms with Crippen molar-refractivity contribution >= 4 is 39.8 Å². The summed E-state index contributed by atoms with van der Waals surface area (Å²) in [5.74, 6) is 1.30. The lowest BCUT2D eigenvalue weighted by molar-refractivity contribution is -0.120. The summed E-state index contributed by atoms with van der Waals surface area (Å²) in [6.07, 6.45) is 0. The monoisotopic (exact) mass is 550 g/mol. The normalized spacial score (nSPS) is 12.2. The van der Waals surface area contributed by atoms with Crippen LogP contribution in [0.2, 0.25) is 0 Å². The average molecular weight is 551 g/mol. The van der Waals surface area contributed by atoms with E-state index < -0.39 is 5.25 Å². The molecular formula is C31H30N6O2S. The van der Waals surface area contributed by atoms with Gasteiger partial charge in [-0.25, -0.2) is 5.43 Å². The molecule has 0 aliphatic heterocycles. The maximum absolute atomic E-state index is 13.0. The molecule has 0 saturated carbocycles. The molecule has 4 aromatic carbocycles. The third-order valence-electron chi connectivity index (χ3n) is 6.41. The van der Waals surface area contributed by atoms with Crippen LogP contribution in [0.3, 0.4) is 0 Å². The number of carbonyl (C=O) groups is 1. The highest BCUT2D eigenvalue weighted by Crippen LogP contribution is 2.26. The number of hydrazone groups is 1. The Hall–Kier alpha value is -4.63. The Morgan fingerprint density at radius 1 is 0.950 bits per heavy atom. The van der Waals surface area contributed by atoms with E-state index in [-0.39, 0.29) is 5.91 Å². The molecule has 202 valence electrons. The van der Waals surface area contributed by atoms with Crippen LogP contribution in [0.1, 0.15) is 25.2 Å². The maximum atomic E-state index is 13.0. The van der Waals surface area contributed by atoms with Gasteiger partial charge in [-0.05, 0) is 72.6 Å². The molecule has 0 saturated heterocycles. The van der Waals surface area contributed by atoms with Crippen LogP contribution >= 0.6 is 11.8 Å². The van der Waals surface area contributed by atoms with Crippen LogP contribution in [0.4, 0.5) is 5.69 Å². The van der Waals surface area contributed by atoms with Crippen molar-refractivity contribution in [3.05, 3.63) is 108 Å². The van der Waals surface area contributed by atoms with Crippen molar-refractivity contribution in [3.63, 3.8) is 0 Å². The third kappa shape index (κ3) is 6.32. The van der Waals surface area contributed by atoms with Crippen LogP contribution in [0.5, 0.6) is 5.75 Å². The van der Waals surface area contributed by atoms with Gasteiger partial charge in [-0.15, -0.1) is 10.2 Å². The molecular weight excluding hydrogens is 520 g/mol. The summed E-state index contributed by atoms with van der Waals surface area (Å²) in [6, 6.07) is 31.9. The van der Waals surface area contributed by atoms with Crippen molar-refractivity contribution in [1.29, 1.82) is 0 Å². The molecule has 0 aliphatic carbocycles. The zero-order chi connectivity index (χ0) is 27.9. The number of methoxy groups -OCH3 is 1. The molecule has 40 heavy (non-hydrogen) atoms. The predicted octanol–water partition coefficient (Wildman–Crippen LogP) is 6.06. The summed E-state index contributed by atoms with van der Waals surface area (Å²) in [5.41, 5.74) is 6.26. The first-order chi connectivity index (χ1) is 19.5. The minimum atomic E-state index is -0.456. The van der Waals surface area contributed by atoms with E-state index in [9.17, 15) is 4.79 Å². The minimum absolute atomic E-state index is 0.217. The number of benzene rings is 4. The van der Waals surface area contributed by atoms with E-state index in [2.05, 4.69) is 50.3 Å². The fourth-order valence-corrected chi connectivity index (χ4v) is 5.02. The van der Waals surface area contributed by atoms with Crippen molar-refractivity contribution < 1.29 is 9.53 Å². The Balaban J connectivity index is 1.29. The molecule has 0 fully saturated rings. The SMILES string of the molecule is COc1ccc(NCc2nnc(S[C@@H](C)C(=O)N/N=C(/C)c3ccc4ccccc4c3)n2-c2ccccc2)cc1. The van der Waals surface area contributed by atoms with Gasteiger partial charge in [0, 0.05) is 11.4 Å². The van der Waals surface area contributed by atoms with Crippen LogP contribution in [0, 0.1) is 0 Å². The number of rotatable bonds is 10. The number of nitrogens with zero attached hydrogens (tertiary/aromatic N) is 4. The molecule has 0 aliphatic rings. The fourth-order valence-electron chi connectivity index (χ4n) is 4.14. The van der Waals surface area contributed by atoms with Gasteiger partial charge < -0.3 is 10.1 Å². The zero-order valence-corrected chi connectivity index (χ0v) is 23.4. The standard InChI is InChI=1S/C31H30N6O2S/c1-21(24-14-13-23-9-7-8-10-25(23)19-24)33-35-30(38)22(2)40-31-36-34-29(37(31)27-11-5-4-6-12-27)20-32-26-15-17-28(39-3)18-16-26/h4-19,22,32H,20H2,1-3H3,(H,35,38)/b33-21-/t22-/m0/s1. The van der Waals surface area contributed by atoms with Gasteiger partial charge in [0.2, 0.25) is 0 Å². The Morgan fingerprint density at radius 3 is 2.42 bits per heavy atom. The van der Waals surface area contributed by atoms with E-state index in [1.165, 1.54) is 11.8 Å². The summed E-state index contributed by atoms with van der Waals surface area (Å²) in [7, 11) is 1.64. The van der Waals surface area contributed by atoms with Gasteiger partial charge in [0.1, 0.15) is 5.75 Å². The van der Waals surface area contributed by atoms with Crippen LogP contribution < -0.4 is 15.5 Å². The summed E-state index contributed by atoms with van der Waals surface area (Å²) < 4.78 is 7.21. The van der Waals surface area contributed by atoms with Crippen molar-refractivity contribution in [2.45, 2.75) is 30.8 Å². The number of thioether (sulfide) groups is 1. The Morgan fingerprint density at radius 2 is 1.68 bits per heavy atom. The molecule has 9 heteroatoms. The molecule has 0 bridgehead atoms. The van der Waals surface area contributed by atoms with Gasteiger partial charge in [-0.3, -0.25) is 9.36 Å². The number of hydrogen-bond donors (Lipinski definition) is 2. The predicted molar refractivity (Wildman–Crippen MR) is 161 cm³/mol. The van der Waals surface area contributed by atoms with Gasteiger partial charge in [-0.1, -0.05) is 66.4 Å². The summed E-state index contributed by atoms with van der Waals surface area (Å²) in [5, 5.41) is 19.1. The van der Waals surface area contributed by atoms with Gasteiger partial charge in [0.25, 0.3) is 5.91 Å². The Kier molecular flexibility index (Phi) is 8.41. The van der Waals surface area contributed by atoms with Crippen LogP contribution in [-0.2, 0) is 11.3 Å². The highest BCUT2D eigenvalue weighted by Gasteiger charge is 2.21.